The highest BCUT2D eigenvalue weighted by atomic mass is 16.5. The highest BCUT2D eigenvalue weighted by Crippen LogP contribution is 2.17. The normalized spacial score (nSPS) is 10.2. The first-order valence-corrected chi connectivity index (χ1v) is 7.13. The van der Waals surface area contributed by atoms with Gasteiger partial charge in [-0.05, 0) is 30.2 Å². The minimum absolute atomic E-state index is 0.709. The van der Waals surface area contributed by atoms with Gasteiger partial charge in [-0.3, -0.25) is 0 Å². The second-order valence-electron chi connectivity index (χ2n) is 4.82. The zero-order chi connectivity index (χ0) is 14.9. The second-order valence-corrected chi connectivity index (χ2v) is 4.82. The molecule has 0 aliphatic rings. The third-order valence-corrected chi connectivity index (χ3v) is 3.24. The number of ether oxygens (including phenoxy) is 1. The van der Waals surface area contributed by atoms with Gasteiger partial charge in [-0.25, -0.2) is 0 Å². The molecule has 0 fully saturated rings. The van der Waals surface area contributed by atoms with Crippen LogP contribution in [0.25, 0.3) is 10.9 Å². The van der Waals surface area contributed by atoms with Crippen molar-refractivity contribution in [1.82, 2.24) is 4.98 Å². The number of benzene rings is 2. The van der Waals surface area contributed by atoms with E-state index in [2.05, 4.69) is 23.2 Å². The Morgan fingerprint density at radius 3 is 2.43 bits per heavy atom. The van der Waals surface area contributed by atoms with E-state index >= 15 is 0 Å². The third kappa shape index (κ3) is 4.45. The van der Waals surface area contributed by atoms with Gasteiger partial charge in [0.2, 0.25) is 0 Å². The zero-order valence-corrected chi connectivity index (χ0v) is 12.4. The summed E-state index contributed by atoms with van der Waals surface area (Å²) in [6.45, 7) is 1.42. The monoisotopic (exact) mass is 282 g/mol. The van der Waals surface area contributed by atoms with Crippen LogP contribution in [-0.2, 0) is 17.8 Å². The van der Waals surface area contributed by atoms with E-state index in [0.29, 0.717) is 13.2 Å². The van der Waals surface area contributed by atoms with Gasteiger partial charge < -0.3 is 15.5 Å². The lowest BCUT2D eigenvalue weighted by Gasteiger charge is -1.95. The Morgan fingerprint density at radius 2 is 1.71 bits per heavy atom. The van der Waals surface area contributed by atoms with Crippen LogP contribution in [0.2, 0.25) is 0 Å². The van der Waals surface area contributed by atoms with Gasteiger partial charge in [-0.1, -0.05) is 48.5 Å². The van der Waals surface area contributed by atoms with Crippen molar-refractivity contribution >= 4 is 10.9 Å². The molecule has 0 radical (unpaired) electrons. The molecular formula is C18H22N2O. The number of methoxy groups -OCH3 is 1. The predicted molar refractivity (Wildman–Crippen MR) is 88.2 cm³/mol. The molecule has 2 aromatic carbocycles. The fraction of sp³-hybridized carbons (Fsp3) is 0.222. The number of fused-ring (bicyclic) bond motifs is 1. The minimum Gasteiger partial charge on any atom is -0.380 e. The van der Waals surface area contributed by atoms with Crippen molar-refractivity contribution in [3.05, 3.63) is 71.9 Å². The summed E-state index contributed by atoms with van der Waals surface area (Å²) in [5.41, 5.74) is 9.23. The summed E-state index contributed by atoms with van der Waals surface area (Å²) < 4.78 is 4.93. The summed E-state index contributed by atoms with van der Waals surface area (Å²) >= 11 is 0. The van der Waals surface area contributed by atoms with Gasteiger partial charge in [0, 0.05) is 24.2 Å². The molecule has 1 aromatic heterocycles. The van der Waals surface area contributed by atoms with Crippen LogP contribution in [0.1, 0.15) is 11.1 Å². The lowest BCUT2D eigenvalue weighted by molar-refractivity contribution is 0.185. The molecule has 3 heteroatoms. The summed E-state index contributed by atoms with van der Waals surface area (Å²) in [5, 5.41) is 1.29. The van der Waals surface area contributed by atoms with Gasteiger partial charge in [0.1, 0.15) is 0 Å². The van der Waals surface area contributed by atoms with Crippen molar-refractivity contribution in [2.75, 3.05) is 13.7 Å². The second kappa shape index (κ2) is 8.25. The van der Waals surface area contributed by atoms with Crippen molar-refractivity contribution in [3.63, 3.8) is 0 Å². The van der Waals surface area contributed by atoms with Gasteiger partial charge in [0.05, 0.1) is 6.61 Å². The fourth-order valence-corrected chi connectivity index (χ4v) is 2.23. The molecule has 3 rings (SSSR count). The van der Waals surface area contributed by atoms with Crippen LogP contribution in [0.4, 0.5) is 0 Å². The number of hydrogen-bond donors (Lipinski definition) is 2. The molecule has 0 aliphatic heterocycles. The van der Waals surface area contributed by atoms with Crippen LogP contribution in [0.3, 0.4) is 0 Å². The summed E-state index contributed by atoms with van der Waals surface area (Å²) in [6, 6.07) is 18.4. The topological polar surface area (TPSA) is 51.0 Å². The Morgan fingerprint density at radius 1 is 1.00 bits per heavy atom. The van der Waals surface area contributed by atoms with E-state index in [4.69, 9.17) is 10.5 Å². The Labute approximate surface area is 125 Å². The molecule has 0 spiro atoms. The number of aromatic amines is 1. The first-order valence-electron chi connectivity index (χ1n) is 7.13. The third-order valence-electron chi connectivity index (χ3n) is 3.24. The average molecular weight is 282 g/mol. The van der Waals surface area contributed by atoms with Gasteiger partial charge in [-0.2, -0.15) is 0 Å². The predicted octanol–water partition coefficient (Wildman–Crippen LogP) is 3.50. The maximum atomic E-state index is 5.50. The maximum Gasteiger partial charge on any atom is 0.0713 e. The van der Waals surface area contributed by atoms with Gasteiger partial charge >= 0.3 is 0 Å². The Kier molecular flexibility index (Phi) is 6.00. The van der Waals surface area contributed by atoms with Crippen LogP contribution < -0.4 is 5.73 Å². The molecule has 0 aliphatic carbocycles. The molecule has 0 saturated heterocycles. The highest BCUT2D eigenvalue weighted by Gasteiger charge is 1.99. The SMILES string of the molecule is COCc1ccccc1.NCCc1c[nH]c2ccccc12. The van der Waals surface area contributed by atoms with E-state index in [1.165, 1.54) is 22.0 Å². The number of nitrogens with two attached hydrogens (primary N) is 1. The average Bonchev–Trinajstić information content (AvgIpc) is 2.93. The first kappa shape index (κ1) is 15.3. The summed E-state index contributed by atoms with van der Waals surface area (Å²) in [4.78, 5) is 3.22. The Bertz CT molecular complexity index is 646. The molecule has 3 nitrogen and oxygen atoms in total. The summed E-state index contributed by atoms with van der Waals surface area (Å²) in [6.07, 6.45) is 2.99. The molecular weight excluding hydrogens is 260 g/mol. The van der Waals surface area contributed by atoms with E-state index < -0.39 is 0 Å². The van der Waals surface area contributed by atoms with Crippen molar-refractivity contribution in [3.8, 4) is 0 Å². The smallest absolute Gasteiger partial charge is 0.0713 e. The van der Waals surface area contributed by atoms with Crippen molar-refractivity contribution in [2.45, 2.75) is 13.0 Å². The lowest BCUT2D eigenvalue weighted by Crippen LogP contribution is -2.01. The van der Waals surface area contributed by atoms with Crippen LogP contribution in [0.5, 0.6) is 0 Å². The van der Waals surface area contributed by atoms with Gasteiger partial charge in [-0.15, -0.1) is 0 Å². The fourth-order valence-electron chi connectivity index (χ4n) is 2.23. The number of para-hydroxylation sites is 1. The van der Waals surface area contributed by atoms with Crippen LogP contribution in [0.15, 0.2) is 60.8 Å². The minimum atomic E-state index is 0.709. The maximum absolute atomic E-state index is 5.50. The molecule has 0 atom stereocenters. The molecule has 110 valence electrons. The molecule has 1 heterocycles. The Hall–Kier alpha value is -2.10. The molecule has 3 N–H and O–H groups in total. The van der Waals surface area contributed by atoms with E-state index in [-0.39, 0.29) is 0 Å². The number of hydrogen-bond acceptors (Lipinski definition) is 2. The van der Waals surface area contributed by atoms with Crippen molar-refractivity contribution < 1.29 is 4.74 Å². The van der Waals surface area contributed by atoms with Gasteiger partial charge in [0.15, 0.2) is 0 Å². The van der Waals surface area contributed by atoms with Gasteiger partial charge in [0.25, 0.3) is 0 Å². The largest absolute Gasteiger partial charge is 0.380 e. The zero-order valence-electron chi connectivity index (χ0n) is 12.4. The number of aromatic nitrogens is 1. The quantitative estimate of drug-likeness (QED) is 0.769. The molecule has 0 saturated carbocycles. The highest BCUT2D eigenvalue weighted by molar-refractivity contribution is 5.83. The molecule has 3 aromatic rings. The molecule has 0 bridgehead atoms. The van der Waals surface area contributed by atoms with E-state index in [0.717, 1.165) is 6.42 Å². The number of nitrogens with one attached hydrogen (secondary N) is 1. The number of H-pyrrole nitrogens is 1. The van der Waals surface area contributed by atoms with E-state index in [9.17, 15) is 0 Å². The first-order chi connectivity index (χ1) is 10.3. The van der Waals surface area contributed by atoms with Crippen molar-refractivity contribution in [2.24, 2.45) is 5.73 Å². The summed E-state index contributed by atoms with van der Waals surface area (Å²) in [5.74, 6) is 0. The molecule has 0 unspecified atom stereocenters. The summed E-state index contributed by atoms with van der Waals surface area (Å²) in [7, 11) is 1.70. The standard InChI is InChI=1S/C10H12N2.C8H10O/c11-6-5-8-7-12-10-4-2-1-3-9(8)10;1-9-7-8-5-3-2-4-6-8/h1-4,7,12H,5-6,11H2;2-6H,7H2,1H3. The van der Waals surface area contributed by atoms with Crippen LogP contribution in [-0.4, -0.2) is 18.6 Å². The van der Waals surface area contributed by atoms with Crippen LogP contribution in [0, 0.1) is 0 Å². The van der Waals surface area contributed by atoms with Crippen LogP contribution >= 0.6 is 0 Å². The number of rotatable bonds is 4. The Balaban J connectivity index is 0.000000161. The molecule has 0 amide bonds. The van der Waals surface area contributed by atoms with E-state index in [1.54, 1.807) is 7.11 Å². The molecule has 21 heavy (non-hydrogen) atoms. The van der Waals surface area contributed by atoms with E-state index in [1.807, 2.05) is 42.6 Å². The lowest BCUT2D eigenvalue weighted by atomic mass is 10.1. The van der Waals surface area contributed by atoms with Crippen molar-refractivity contribution in [1.29, 1.82) is 0 Å².